The van der Waals surface area contributed by atoms with Crippen molar-refractivity contribution in [2.45, 2.75) is 6.54 Å². The first-order chi connectivity index (χ1) is 10.1. The van der Waals surface area contributed by atoms with Crippen LogP contribution in [0.4, 0.5) is 5.82 Å². The molecule has 2 aromatic rings. The lowest BCUT2D eigenvalue weighted by Crippen LogP contribution is -2.20. The number of likely N-dealkylation sites (N-methyl/N-ethyl adjacent to an activating group) is 1. The molecule has 1 heterocycles. The minimum Gasteiger partial charge on any atom is -0.497 e. The summed E-state index contributed by atoms with van der Waals surface area (Å²) in [6, 6.07) is 7.39. The summed E-state index contributed by atoms with van der Waals surface area (Å²) in [5.41, 5.74) is 7.89. The predicted molar refractivity (Wildman–Crippen MR) is 82.6 cm³/mol. The molecule has 6 heteroatoms. The lowest BCUT2D eigenvalue weighted by Gasteiger charge is -2.10. The van der Waals surface area contributed by atoms with Gasteiger partial charge in [-0.1, -0.05) is 0 Å². The number of rotatable bonds is 6. The smallest absolute Gasteiger partial charge is 0.156 e. The monoisotopic (exact) mass is 288 g/mol. The second-order valence-corrected chi connectivity index (χ2v) is 5.02. The van der Waals surface area contributed by atoms with Crippen molar-refractivity contribution in [1.82, 2.24) is 14.7 Å². The highest BCUT2D eigenvalue weighted by molar-refractivity contribution is 5.91. The van der Waals surface area contributed by atoms with Crippen molar-refractivity contribution in [3.63, 3.8) is 0 Å². The summed E-state index contributed by atoms with van der Waals surface area (Å²) in [5, 5.41) is 4.47. The van der Waals surface area contributed by atoms with Crippen molar-refractivity contribution in [2.24, 2.45) is 0 Å². The maximum atomic E-state index is 11.3. The number of nitrogens with zero attached hydrogens (tertiary/aromatic N) is 3. The number of benzene rings is 1. The minimum atomic E-state index is 0.401. The third-order valence-electron chi connectivity index (χ3n) is 3.27. The molecule has 0 aliphatic rings. The van der Waals surface area contributed by atoms with E-state index in [-0.39, 0.29) is 0 Å². The van der Waals surface area contributed by atoms with Crippen LogP contribution >= 0.6 is 0 Å². The fourth-order valence-corrected chi connectivity index (χ4v) is 2.03. The van der Waals surface area contributed by atoms with Gasteiger partial charge in [-0.3, -0.25) is 4.79 Å². The topological polar surface area (TPSA) is 73.4 Å². The van der Waals surface area contributed by atoms with E-state index < -0.39 is 0 Å². The molecule has 0 fully saturated rings. The summed E-state index contributed by atoms with van der Waals surface area (Å²) >= 11 is 0. The number of methoxy groups -OCH3 is 1. The van der Waals surface area contributed by atoms with Gasteiger partial charge in [-0.2, -0.15) is 5.10 Å². The van der Waals surface area contributed by atoms with Crippen molar-refractivity contribution in [1.29, 1.82) is 0 Å². The molecule has 21 heavy (non-hydrogen) atoms. The van der Waals surface area contributed by atoms with Crippen LogP contribution in [0, 0.1) is 0 Å². The zero-order valence-corrected chi connectivity index (χ0v) is 12.5. The van der Waals surface area contributed by atoms with Gasteiger partial charge in [0.1, 0.15) is 17.3 Å². The Kier molecular flexibility index (Phi) is 4.59. The van der Waals surface area contributed by atoms with Gasteiger partial charge in [0.25, 0.3) is 0 Å². The van der Waals surface area contributed by atoms with E-state index in [0.717, 1.165) is 24.1 Å². The van der Waals surface area contributed by atoms with Gasteiger partial charge in [0.15, 0.2) is 6.29 Å². The molecule has 0 aliphatic carbocycles. The molecule has 0 aliphatic heterocycles. The summed E-state index contributed by atoms with van der Waals surface area (Å²) in [5.74, 6) is 1.16. The fraction of sp³-hybridized carbons (Fsp3) is 0.333. The average molecular weight is 288 g/mol. The van der Waals surface area contributed by atoms with E-state index in [1.54, 1.807) is 11.8 Å². The van der Waals surface area contributed by atoms with E-state index in [1.807, 2.05) is 43.3 Å². The Morgan fingerprint density at radius 3 is 2.52 bits per heavy atom. The van der Waals surface area contributed by atoms with E-state index in [0.29, 0.717) is 23.6 Å². The molecule has 6 nitrogen and oxygen atoms in total. The first-order valence-corrected chi connectivity index (χ1v) is 6.67. The minimum absolute atomic E-state index is 0.401. The predicted octanol–water partition coefficient (Wildman–Crippen LogP) is 1.51. The second-order valence-electron chi connectivity index (χ2n) is 5.02. The van der Waals surface area contributed by atoms with Crippen LogP contribution in [0.15, 0.2) is 24.3 Å². The molecule has 0 atom stereocenters. The quantitative estimate of drug-likeness (QED) is 0.816. The molecule has 2 N–H and O–H groups in total. The zero-order chi connectivity index (χ0) is 15.4. The molecular weight excluding hydrogens is 268 g/mol. The first-order valence-electron chi connectivity index (χ1n) is 6.67. The van der Waals surface area contributed by atoms with Crippen molar-refractivity contribution < 1.29 is 9.53 Å². The Morgan fingerprint density at radius 1 is 1.33 bits per heavy atom. The third kappa shape index (κ3) is 3.22. The first kappa shape index (κ1) is 15.1. The summed E-state index contributed by atoms with van der Waals surface area (Å²) in [7, 11) is 5.56. The number of hydrogen-bond donors (Lipinski definition) is 1. The largest absolute Gasteiger partial charge is 0.497 e. The number of ether oxygens (including phenoxy) is 1. The molecule has 0 amide bonds. The molecule has 0 bridgehead atoms. The molecular formula is C15H20N4O2. The molecule has 1 aromatic heterocycles. The maximum absolute atomic E-state index is 11.3. The molecule has 1 aromatic carbocycles. The highest BCUT2D eigenvalue weighted by Gasteiger charge is 2.16. The highest BCUT2D eigenvalue weighted by atomic mass is 16.5. The van der Waals surface area contributed by atoms with Gasteiger partial charge in [-0.15, -0.1) is 0 Å². The Balaban J connectivity index is 2.37. The average Bonchev–Trinajstić information content (AvgIpc) is 2.81. The van der Waals surface area contributed by atoms with Gasteiger partial charge >= 0.3 is 0 Å². The van der Waals surface area contributed by atoms with E-state index >= 15 is 0 Å². The number of nitrogens with two attached hydrogens (primary N) is 1. The summed E-state index contributed by atoms with van der Waals surface area (Å²) in [6.45, 7) is 1.43. The summed E-state index contributed by atoms with van der Waals surface area (Å²) in [4.78, 5) is 13.4. The molecule has 0 radical (unpaired) electrons. The number of carbonyl (C=O) groups is 1. The van der Waals surface area contributed by atoms with E-state index in [1.165, 1.54) is 0 Å². The molecule has 0 unspecified atom stereocenters. The van der Waals surface area contributed by atoms with E-state index in [9.17, 15) is 4.79 Å². The number of aromatic nitrogens is 2. The van der Waals surface area contributed by atoms with Gasteiger partial charge in [0, 0.05) is 12.1 Å². The normalized spacial score (nSPS) is 10.9. The highest BCUT2D eigenvalue weighted by Crippen LogP contribution is 2.27. The van der Waals surface area contributed by atoms with Gasteiger partial charge in [-0.25, -0.2) is 4.68 Å². The van der Waals surface area contributed by atoms with Crippen LogP contribution in [0.25, 0.3) is 11.3 Å². The number of anilines is 1. The summed E-state index contributed by atoms with van der Waals surface area (Å²) in [6.07, 6.45) is 0.758. The number of hydrogen-bond acceptors (Lipinski definition) is 5. The SMILES string of the molecule is COc1ccc(-c2nn(CCN(C)C)c(N)c2C=O)cc1. The fourth-order valence-electron chi connectivity index (χ4n) is 2.03. The Hall–Kier alpha value is -2.34. The number of aldehydes is 1. The van der Waals surface area contributed by atoms with Crippen LogP contribution in [-0.4, -0.2) is 48.7 Å². The number of carbonyl (C=O) groups excluding carboxylic acids is 1. The van der Waals surface area contributed by atoms with Crippen LogP contribution in [0.3, 0.4) is 0 Å². The molecule has 0 saturated carbocycles. The van der Waals surface area contributed by atoms with Crippen molar-refractivity contribution in [3.05, 3.63) is 29.8 Å². The second kappa shape index (κ2) is 6.41. The molecule has 2 rings (SSSR count). The van der Waals surface area contributed by atoms with Crippen molar-refractivity contribution >= 4 is 12.1 Å². The lowest BCUT2D eigenvalue weighted by atomic mass is 10.1. The van der Waals surface area contributed by atoms with Gasteiger partial charge in [0.05, 0.1) is 19.2 Å². The molecule has 0 saturated heterocycles. The van der Waals surface area contributed by atoms with Crippen LogP contribution < -0.4 is 10.5 Å². The molecule has 0 spiro atoms. The van der Waals surface area contributed by atoms with Gasteiger partial charge < -0.3 is 15.4 Å². The van der Waals surface area contributed by atoms with Crippen LogP contribution in [0.2, 0.25) is 0 Å². The van der Waals surface area contributed by atoms with Crippen molar-refractivity contribution in [3.8, 4) is 17.0 Å². The lowest BCUT2D eigenvalue weighted by molar-refractivity contribution is 0.112. The van der Waals surface area contributed by atoms with Crippen LogP contribution in [-0.2, 0) is 6.54 Å². The Morgan fingerprint density at radius 2 is 2.00 bits per heavy atom. The Bertz CT molecular complexity index is 617. The van der Waals surface area contributed by atoms with Gasteiger partial charge in [0.2, 0.25) is 0 Å². The maximum Gasteiger partial charge on any atom is 0.156 e. The standard InChI is InChI=1S/C15H20N4O2/c1-18(2)8-9-19-15(16)13(10-20)14(17-19)11-4-6-12(21-3)7-5-11/h4-7,10H,8-9,16H2,1-3H3. The third-order valence-corrected chi connectivity index (χ3v) is 3.27. The molecule has 112 valence electrons. The number of nitrogen functional groups attached to an aromatic ring is 1. The van der Waals surface area contributed by atoms with Crippen molar-refractivity contribution in [2.75, 3.05) is 33.5 Å². The Labute approximate surface area is 124 Å². The van der Waals surface area contributed by atoms with E-state index in [2.05, 4.69) is 5.10 Å². The van der Waals surface area contributed by atoms with Crippen LogP contribution in [0.1, 0.15) is 10.4 Å². The summed E-state index contributed by atoms with van der Waals surface area (Å²) < 4.78 is 6.80. The van der Waals surface area contributed by atoms with Crippen LogP contribution in [0.5, 0.6) is 5.75 Å². The zero-order valence-electron chi connectivity index (χ0n) is 12.5. The van der Waals surface area contributed by atoms with Gasteiger partial charge in [-0.05, 0) is 38.4 Å². The van der Waals surface area contributed by atoms with E-state index in [4.69, 9.17) is 10.5 Å².